The number of hydrogen-bond donors (Lipinski definition) is 2. The first kappa shape index (κ1) is 17.5. The van der Waals surface area contributed by atoms with Crippen molar-refractivity contribution in [2.45, 2.75) is 33.2 Å². The number of amides is 1. The standard InChI is InChI=1S/C17H21N3OS2/c1-11(2)8-14(17(21)19-7-6-18)20-15-10-22-9-13(15)16-5-4-12(3)23-16/h4-5,9-11,14,20H,7-8H2,1-3H3,(H,19,21)/t14-/m0/s1. The molecule has 2 N–H and O–H groups in total. The lowest BCUT2D eigenvalue weighted by Gasteiger charge is -2.20. The quantitative estimate of drug-likeness (QED) is 0.736. The Labute approximate surface area is 145 Å². The molecule has 0 fully saturated rings. The van der Waals surface area contributed by atoms with Gasteiger partial charge in [0.1, 0.15) is 12.6 Å². The molecule has 2 aromatic rings. The first-order chi connectivity index (χ1) is 11.0. The second-order valence-corrected chi connectivity index (χ2v) is 7.84. The Balaban J connectivity index is 2.18. The van der Waals surface area contributed by atoms with Gasteiger partial charge in [-0.15, -0.1) is 22.7 Å². The summed E-state index contributed by atoms with van der Waals surface area (Å²) in [5, 5.41) is 18.8. The van der Waals surface area contributed by atoms with E-state index in [2.05, 4.69) is 48.9 Å². The van der Waals surface area contributed by atoms with E-state index >= 15 is 0 Å². The molecule has 23 heavy (non-hydrogen) atoms. The molecule has 0 aliphatic rings. The van der Waals surface area contributed by atoms with Crippen LogP contribution in [0.4, 0.5) is 5.69 Å². The second-order valence-electron chi connectivity index (χ2n) is 5.81. The lowest BCUT2D eigenvalue weighted by molar-refractivity contribution is -0.121. The van der Waals surface area contributed by atoms with E-state index in [4.69, 9.17) is 5.26 Å². The average molecular weight is 348 g/mol. The fourth-order valence-corrected chi connectivity index (χ4v) is 4.08. The number of aryl methyl sites for hydroxylation is 1. The van der Waals surface area contributed by atoms with Crippen LogP contribution in [0.25, 0.3) is 10.4 Å². The molecule has 0 aliphatic heterocycles. The molecular formula is C17H21N3OS2. The number of nitrogens with zero attached hydrogens (tertiary/aromatic N) is 1. The van der Waals surface area contributed by atoms with E-state index in [0.717, 1.165) is 17.7 Å². The summed E-state index contributed by atoms with van der Waals surface area (Å²) < 4.78 is 0. The van der Waals surface area contributed by atoms with Gasteiger partial charge in [0.15, 0.2) is 0 Å². The minimum absolute atomic E-state index is 0.0374. The summed E-state index contributed by atoms with van der Waals surface area (Å²) in [5.74, 6) is 0.256. The molecule has 0 aliphatic carbocycles. The molecule has 2 aromatic heterocycles. The third kappa shape index (κ3) is 4.81. The topological polar surface area (TPSA) is 64.9 Å². The van der Waals surface area contributed by atoms with Crippen molar-refractivity contribution in [2.75, 3.05) is 11.9 Å². The van der Waals surface area contributed by atoms with E-state index in [1.165, 1.54) is 9.75 Å². The number of nitrogens with one attached hydrogen (secondary N) is 2. The predicted molar refractivity (Wildman–Crippen MR) is 97.9 cm³/mol. The van der Waals surface area contributed by atoms with Crippen LogP contribution >= 0.6 is 22.7 Å². The smallest absolute Gasteiger partial charge is 0.243 e. The molecule has 0 spiro atoms. The van der Waals surface area contributed by atoms with Crippen LogP contribution in [0.2, 0.25) is 0 Å². The van der Waals surface area contributed by atoms with Crippen LogP contribution in [0.5, 0.6) is 0 Å². The highest BCUT2D eigenvalue weighted by atomic mass is 32.1. The van der Waals surface area contributed by atoms with Crippen molar-refractivity contribution in [3.8, 4) is 16.5 Å². The van der Waals surface area contributed by atoms with Crippen LogP contribution in [-0.2, 0) is 4.79 Å². The zero-order chi connectivity index (χ0) is 16.8. The van der Waals surface area contributed by atoms with Crippen molar-refractivity contribution < 1.29 is 4.79 Å². The van der Waals surface area contributed by atoms with Crippen molar-refractivity contribution >= 4 is 34.3 Å². The first-order valence-electron chi connectivity index (χ1n) is 7.55. The van der Waals surface area contributed by atoms with Crippen LogP contribution in [-0.4, -0.2) is 18.5 Å². The van der Waals surface area contributed by atoms with E-state index in [0.29, 0.717) is 5.92 Å². The number of hydrogen-bond acceptors (Lipinski definition) is 5. The monoisotopic (exact) mass is 347 g/mol. The Morgan fingerprint density at radius 3 is 2.74 bits per heavy atom. The zero-order valence-electron chi connectivity index (χ0n) is 13.6. The lowest BCUT2D eigenvalue weighted by Crippen LogP contribution is -2.40. The summed E-state index contributed by atoms with van der Waals surface area (Å²) in [6.07, 6.45) is 0.718. The normalized spacial score (nSPS) is 12.0. The molecule has 6 heteroatoms. The molecule has 0 radical (unpaired) electrons. The Morgan fingerprint density at radius 1 is 1.35 bits per heavy atom. The van der Waals surface area contributed by atoms with Crippen molar-refractivity contribution in [3.05, 3.63) is 27.8 Å². The molecule has 1 amide bonds. The van der Waals surface area contributed by atoms with Crippen LogP contribution in [0.1, 0.15) is 25.1 Å². The van der Waals surface area contributed by atoms with E-state index in [9.17, 15) is 4.79 Å². The Morgan fingerprint density at radius 2 is 2.13 bits per heavy atom. The van der Waals surface area contributed by atoms with E-state index in [1.807, 2.05) is 11.4 Å². The minimum Gasteiger partial charge on any atom is -0.372 e. The van der Waals surface area contributed by atoms with Crippen molar-refractivity contribution in [3.63, 3.8) is 0 Å². The molecule has 122 valence electrons. The van der Waals surface area contributed by atoms with Gasteiger partial charge in [-0.05, 0) is 31.4 Å². The molecule has 0 saturated carbocycles. The minimum atomic E-state index is -0.335. The van der Waals surface area contributed by atoms with Gasteiger partial charge < -0.3 is 10.6 Å². The summed E-state index contributed by atoms with van der Waals surface area (Å²) >= 11 is 3.37. The van der Waals surface area contributed by atoms with Gasteiger partial charge >= 0.3 is 0 Å². The largest absolute Gasteiger partial charge is 0.372 e. The summed E-state index contributed by atoms with van der Waals surface area (Å²) in [6.45, 7) is 6.30. The highest BCUT2D eigenvalue weighted by molar-refractivity contribution is 7.16. The SMILES string of the molecule is Cc1ccc(-c2cscc2N[C@@H](CC(C)C)C(=O)NCC#N)s1. The van der Waals surface area contributed by atoms with Crippen LogP contribution in [0, 0.1) is 24.2 Å². The van der Waals surface area contributed by atoms with Gasteiger partial charge in [0.25, 0.3) is 0 Å². The molecule has 0 aromatic carbocycles. The number of carbonyl (C=O) groups is 1. The van der Waals surface area contributed by atoms with Gasteiger partial charge in [-0.25, -0.2) is 0 Å². The van der Waals surface area contributed by atoms with Crippen LogP contribution in [0.15, 0.2) is 22.9 Å². The van der Waals surface area contributed by atoms with Gasteiger partial charge in [-0.2, -0.15) is 5.26 Å². The Kier molecular flexibility index (Phi) is 6.20. The molecule has 2 heterocycles. The zero-order valence-corrected chi connectivity index (χ0v) is 15.2. The fraction of sp³-hybridized carbons (Fsp3) is 0.412. The first-order valence-corrected chi connectivity index (χ1v) is 9.31. The van der Waals surface area contributed by atoms with Crippen molar-refractivity contribution in [2.24, 2.45) is 5.92 Å². The Bertz CT molecular complexity index is 697. The predicted octanol–water partition coefficient (Wildman–Crippen LogP) is 4.25. The summed E-state index contributed by atoms with van der Waals surface area (Å²) in [4.78, 5) is 14.8. The van der Waals surface area contributed by atoms with Crippen molar-refractivity contribution in [1.29, 1.82) is 5.26 Å². The number of rotatable bonds is 7. The van der Waals surface area contributed by atoms with Gasteiger partial charge in [0.05, 0.1) is 11.8 Å². The van der Waals surface area contributed by atoms with Crippen molar-refractivity contribution in [1.82, 2.24) is 5.32 Å². The summed E-state index contributed by atoms with van der Waals surface area (Å²) in [6, 6.07) is 5.83. The van der Waals surface area contributed by atoms with E-state index in [-0.39, 0.29) is 18.5 Å². The highest BCUT2D eigenvalue weighted by Crippen LogP contribution is 2.36. The summed E-state index contributed by atoms with van der Waals surface area (Å²) in [7, 11) is 0. The molecular weight excluding hydrogens is 326 g/mol. The molecule has 1 atom stereocenters. The maximum atomic E-state index is 12.3. The lowest BCUT2D eigenvalue weighted by atomic mass is 10.0. The van der Waals surface area contributed by atoms with Gasteiger partial charge in [-0.3, -0.25) is 4.79 Å². The third-order valence-electron chi connectivity index (χ3n) is 3.36. The Hall–Kier alpha value is -1.84. The molecule has 4 nitrogen and oxygen atoms in total. The number of carbonyl (C=O) groups excluding carboxylic acids is 1. The average Bonchev–Trinajstić information content (AvgIpc) is 3.12. The maximum absolute atomic E-state index is 12.3. The number of anilines is 1. The summed E-state index contributed by atoms with van der Waals surface area (Å²) in [5.41, 5.74) is 2.12. The van der Waals surface area contributed by atoms with Crippen LogP contribution < -0.4 is 10.6 Å². The molecule has 0 bridgehead atoms. The van der Waals surface area contributed by atoms with Gasteiger partial charge in [0, 0.05) is 26.1 Å². The highest BCUT2D eigenvalue weighted by Gasteiger charge is 2.21. The van der Waals surface area contributed by atoms with E-state index in [1.54, 1.807) is 22.7 Å². The van der Waals surface area contributed by atoms with Gasteiger partial charge in [-0.1, -0.05) is 13.8 Å². The molecule has 0 saturated heterocycles. The molecule has 2 rings (SSSR count). The molecule has 0 unspecified atom stereocenters. The van der Waals surface area contributed by atoms with Crippen LogP contribution in [0.3, 0.4) is 0 Å². The van der Waals surface area contributed by atoms with E-state index < -0.39 is 0 Å². The van der Waals surface area contributed by atoms with Gasteiger partial charge in [0.2, 0.25) is 5.91 Å². The third-order valence-corrected chi connectivity index (χ3v) is 5.14. The number of thiophene rings is 2. The maximum Gasteiger partial charge on any atom is 0.243 e. The fourth-order valence-electron chi connectivity index (χ4n) is 2.32. The number of nitriles is 1. The second kappa shape index (κ2) is 8.14.